The van der Waals surface area contributed by atoms with Gasteiger partial charge in [0.05, 0.1) is 11.5 Å². The van der Waals surface area contributed by atoms with Crippen LogP contribution in [0, 0.1) is 17.2 Å². The van der Waals surface area contributed by atoms with Gasteiger partial charge < -0.3 is 20.3 Å². The molecule has 0 unspecified atom stereocenters. The number of nitriles is 1. The van der Waals surface area contributed by atoms with E-state index >= 15 is 0 Å². The van der Waals surface area contributed by atoms with E-state index in [9.17, 15) is 19.6 Å². The molecular weight excluding hydrogens is 396 g/mol. The van der Waals surface area contributed by atoms with Gasteiger partial charge in [0, 0.05) is 18.7 Å². The molecule has 0 radical (unpaired) electrons. The number of hydrogen-bond donors (Lipinski definition) is 2. The third-order valence-corrected chi connectivity index (χ3v) is 6.17. The molecule has 1 saturated carbocycles. The first kappa shape index (κ1) is 21.2. The highest BCUT2D eigenvalue weighted by Gasteiger charge is 2.56. The van der Waals surface area contributed by atoms with Crippen molar-refractivity contribution in [3.05, 3.63) is 29.8 Å². The van der Waals surface area contributed by atoms with Crippen LogP contribution >= 0.6 is 0 Å². The Kier molecular flexibility index (Phi) is 5.16. The number of benzene rings is 1. The average molecular weight is 425 g/mol. The summed E-state index contributed by atoms with van der Waals surface area (Å²) >= 11 is 0. The van der Waals surface area contributed by atoms with Crippen molar-refractivity contribution in [3.8, 4) is 6.07 Å². The van der Waals surface area contributed by atoms with E-state index in [4.69, 9.17) is 4.74 Å². The minimum absolute atomic E-state index is 0.115. The molecule has 1 aromatic carbocycles. The van der Waals surface area contributed by atoms with Gasteiger partial charge in [0.1, 0.15) is 17.7 Å². The summed E-state index contributed by atoms with van der Waals surface area (Å²) in [5.74, 6) is -0.155. The Morgan fingerprint density at radius 1 is 1.35 bits per heavy atom. The van der Waals surface area contributed by atoms with Crippen molar-refractivity contribution in [2.75, 3.05) is 11.9 Å². The van der Waals surface area contributed by atoms with Crippen LogP contribution in [0.5, 0.6) is 0 Å². The standard InChI is InChI=1S/C23H28N4O4/c1-22(2,3)31-21(30)26-18(10-14-8-9-14)19(28)27-13-23(11-15(27)12-24)16-6-4-5-7-17(16)25-20(23)29/h4-7,14-15,18H,8-11,13H2,1-3H3,(H,25,29)(H,26,30)/t15-,18-,23-/m0/s1. The van der Waals surface area contributed by atoms with Crippen molar-refractivity contribution >= 4 is 23.6 Å². The Labute approximate surface area is 181 Å². The number of anilines is 1. The first-order chi connectivity index (χ1) is 14.6. The van der Waals surface area contributed by atoms with Gasteiger partial charge in [0.15, 0.2) is 0 Å². The maximum absolute atomic E-state index is 13.5. The third-order valence-electron chi connectivity index (χ3n) is 6.17. The molecule has 8 heteroatoms. The topological polar surface area (TPSA) is 112 Å². The Morgan fingerprint density at radius 2 is 2.06 bits per heavy atom. The summed E-state index contributed by atoms with van der Waals surface area (Å²) in [6.45, 7) is 5.40. The van der Waals surface area contributed by atoms with Crippen molar-refractivity contribution < 1.29 is 19.1 Å². The van der Waals surface area contributed by atoms with Gasteiger partial charge in [-0.1, -0.05) is 31.0 Å². The monoisotopic (exact) mass is 424 g/mol. The Hall–Kier alpha value is -3.08. The van der Waals surface area contributed by atoms with E-state index in [1.165, 1.54) is 4.90 Å². The predicted octanol–water partition coefficient (Wildman–Crippen LogP) is 2.69. The SMILES string of the molecule is CC(C)(C)OC(=O)N[C@@H](CC1CC1)C(=O)N1C[C@]2(C[C@H]1C#N)C(=O)Nc1ccccc12. The Balaban J connectivity index is 1.57. The van der Waals surface area contributed by atoms with E-state index in [1.54, 1.807) is 20.8 Å². The average Bonchev–Trinajstić information content (AvgIpc) is 3.36. The smallest absolute Gasteiger partial charge is 0.408 e. The van der Waals surface area contributed by atoms with Crippen molar-refractivity contribution in [2.24, 2.45) is 5.92 Å². The molecule has 4 rings (SSSR count). The molecule has 8 nitrogen and oxygen atoms in total. The number of carbonyl (C=O) groups is 3. The van der Waals surface area contributed by atoms with Crippen LogP contribution in [-0.4, -0.2) is 47.0 Å². The van der Waals surface area contributed by atoms with Crippen LogP contribution in [0.3, 0.4) is 0 Å². The molecular formula is C23H28N4O4. The van der Waals surface area contributed by atoms with Crippen molar-refractivity contribution in [3.63, 3.8) is 0 Å². The summed E-state index contributed by atoms with van der Waals surface area (Å²) in [6, 6.07) is 8.06. The number of nitrogens with zero attached hydrogens (tertiary/aromatic N) is 2. The number of hydrogen-bond acceptors (Lipinski definition) is 5. The molecule has 2 heterocycles. The zero-order valence-corrected chi connectivity index (χ0v) is 18.1. The van der Waals surface area contributed by atoms with Crippen LogP contribution in [0.15, 0.2) is 24.3 Å². The van der Waals surface area contributed by atoms with Gasteiger partial charge in [-0.15, -0.1) is 0 Å². The molecule has 1 aromatic rings. The quantitative estimate of drug-likeness (QED) is 0.772. The number of carbonyl (C=O) groups excluding carboxylic acids is 3. The van der Waals surface area contributed by atoms with Crippen LogP contribution in [0.1, 0.15) is 52.0 Å². The van der Waals surface area contributed by atoms with Gasteiger partial charge in [-0.05, 0) is 44.7 Å². The lowest BCUT2D eigenvalue weighted by Gasteiger charge is -2.28. The zero-order chi connectivity index (χ0) is 22.4. The van der Waals surface area contributed by atoms with Gasteiger partial charge in [-0.25, -0.2) is 4.79 Å². The molecule has 0 aromatic heterocycles. The second-order valence-corrected chi connectivity index (χ2v) is 9.77. The fourth-order valence-corrected chi connectivity index (χ4v) is 4.54. The summed E-state index contributed by atoms with van der Waals surface area (Å²) in [4.78, 5) is 40.3. The summed E-state index contributed by atoms with van der Waals surface area (Å²) in [7, 11) is 0. The number of fused-ring (bicyclic) bond motifs is 2. The number of ether oxygens (including phenoxy) is 1. The molecule has 3 aliphatic rings. The fourth-order valence-electron chi connectivity index (χ4n) is 4.54. The van der Waals surface area contributed by atoms with Crippen LogP contribution in [-0.2, 0) is 19.7 Å². The largest absolute Gasteiger partial charge is 0.444 e. The predicted molar refractivity (Wildman–Crippen MR) is 113 cm³/mol. The molecule has 31 heavy (non-hydrogen) atoms. The normalized spacial score (nSPS) is 25.5. The maximum atomic E-state index is 13.5. The highest BCUT2D eigenvalue weighted by Crippen LogP contribution is 2.46. The van der Waals surface area contributed by atoms with Crippen LogP contribution in [0.2, 0.25) is 0 Å². The highest BCUT2D eigenvalue weighted by molar-refractivity contribution is 6.07. The molecule has 1 saturated heterocycles. The number of likely N-dealkylation sites (tertiary alicyclic amines) is 1. The zero-order valence-electron chi connectivity index (χ0n) is 18.1. The van der Waals surface area contributed by atoms with E-state index in [2.05, 4.69) is 16.7 Å². The van der Waals surface area contributed by atoms with Crippen LogP contribution < -0.4 is 10.6 Å². The first-order valence-electron chi connectivity index (χ1n) is 10.7. The molecule has 2 fully saturated rings. The second kappa shape index (κ2) is 7.56. The molecule has 0 bridgehead atoms. The van der Waals surface area contributed by atoms with E-state index in [-0.39, 0.29) is 24.8 Å². The maximum Gasteiger partial charge on any atom is 0.408 e. The molecule has 2 N–H and O–H groups in total. The number of amides is 3. The van der Waals surface area contributed by atoms with Gasteiger partial charge in [0.25, 0.3) is 0 Å². The third kappa shape index (κ3) is 4.09. The Morgan fingerprint density at radius 3 is 2.71 bits per heavy atom. The van der Waals surface area contributed by atoms with E-state index in [0.29, 0.717) is 12.3 Å². The number of rotatable bonds is 4. The van der Waals surface area contributed by atoms with Crippen molar-refractivity contribution in [1.82, 2.24) is 10.2 Å². The molecule has 3 atom stereocenters. The van der Waals surface area contributed by atoms with Crippen molar-refractivity contribution in [2.45, 2.75) is 69.6 Å². The molecule has 164 valence electrons. The Bertz CT molecular complexity index is 959. The van der Waals surface area contributed by atoms with Gasteiger partial charge in [-0.2, -0.15) is 5.26 Å². The number of alkyl carbamates (subject to hydrolysis) is 1. The minimum atomic E-state index is -0.942. The van der Waals surface area contributed by atoms with Gasteiger partial charge in [-0.3, -0.25) is 9.59 Å². The van der Waals surface area contributed by atoms with E-state index < -0.39 is 29.2 Å². The lowest BCUT2D eigenvalue weighted by Crippen LogP contribution is -2.51. The second-order valence-electron chi connectivity index (χ2n) is 9.77. The van der Waals surface area contributed by atoms with Gasteiger partial charge in [0.2, 0.25) is 11.8 Å². The van der Waals surface area contributed by atoms with Crippen LogP contribution in [0.25, 0.3) is 0 Å². The number of para-hydroxylation sites is 1. The summed E-state index contributed by atoms with van der Waals surface area (Å²) in [5, 5.41) is 15.4. The molecule has 2 aliphatic heterocycles. The number of nitrogens with one attached hydrogen (secondary N) is 2. The minimum Gasteiger partial charge on any atom is -0.444 e. The molecule has 3 amide bonds. The van der Waals surface area contributed by atoms with E-state index in [1.807, 2.05) is 24.3 Å². The lowest BCUT2D eigenvalue weighted by molar-refractivity contribution is -0.134. The molecule has 1 spiro atoms. The lowest BCUT2D eigenvalue weighted by atomic mass is 9.80. The van der Waals surface area contributed by atoms with Crippen LogP contribution in [0.4, 0.5) is 10.5 Å². The highest BCUT2D eigenvalue weighted by atomic mass is 16.6. The first-order valence-corrected chi connectivity index (χ1v) is 10.7. The fraction of sp³-hybridized carbons (Fsp3) is 0.565. The summed E-state index contributed by atoms with van der Waals surface area (Å²) in [6.07, 6.45) is 2.11. The summed E-state index contributed by atoms with van der Waals surface area (Å²) < 4.78 is 5.34. The van der Waals surface area contributed by atoms with Crippen molar-refractivity contribution in [1.29, 1.82) is 5.26 Å². The van der Waals surface area contributed by atoms with E-state index in [0.717, 1.165) is 24.1 Å². The summed E-state index contributed by atoms with van der Waals surface area (Å²) in [5.41, 5.74) is -0.0901. The van der Waals surface area contributed by atoms with Gasteiger partial charge >= 0.3 is 6.09 Å². The molecule has 1 aliphatic carbocycles.